The molecule has 31 heavy (non-hydrogen) atoms. The van der Waals surface area contributed by atoms with Crippen LogP contribution >= 0.6 is 11.3 Å². The summed E-state index contributed by atoms with van der Waals surface area (Å²) >= 11 is 1.59. The number of benzene rings is 1. The van der Waals surface area contributed by atoms with Gasteiger partial charge in [0.2, 0.25) is 17.6 Å². The molecule has 1 aliphatic rings. The van der Waals surface area contributed by atoms with Crippen LogP contribution in [0.1, 0.15) is 17.9 Å². The highest BCUT2D eigenvalue weighted by molar-refractivity contribution is 7.13. The molecule has 9 heteroatoms. The van der Waals surface area contributed by atoms with Crippen LogP contribution in [0.25, 0.3) is 10.7 Å². The van der Waals surface area contributed by atoms with Crippen LogP contribution in [0.15, 0.2) is 40.2 Å². The van der Waals surface area contributed by atoms with Gasteiger partial charge in [-0.3, -0.25) is 9.69 Å². The molecule has 1 aliphatic heterocycles. The summed E-state index contributed by atoms with van der Waals surface area (Å²) in [6.45, 7) is 3.55. The first-order valence-corrected chi connectivity index (χ1v) is 11.1. The molecule has 3 aromatic rings. The van der Waals surface area contributed by atoms with Crippen LogP contribution in [-0.4, -0.2) is 66.2 Å². The predicted octanol–water partition coefficient (Wildman–Crippen LogP) is 3.09. The van der Waals surface area contributed by atoms with Crippen molar-refractivity contribution in [3.8, 4) is 22.2 Å². The molecule has 1 aromatic carbocycles. The maximum atomic E-state index is 12.7. The predicted molar refractivity (Wildman–Crippen MR) is 117 cm³/mol. The number of methoxy groups -OCH3 is 2. The van der Waals surface area contributed by atoms with E-state index in [1.54, 1.807) is 25.6 Å². The minimum atomic E-state index is 0.155. The quantitative estimate of drug-likeness (QED) is 0.530. The summed E-state index contributed by atoms with van der Waals surface area (Å²) in [6, 6.07) is 9.69. The molecule has 0 aliphatic carbocycles. The van der Waals surface area contributed by atoms with E-state index in [0.717, 1.165) is 23.5 Å². The zero-order chi connectivity index (χ0) is 21.6. The molecule has 1 amide bonds. The van der Waals surface area contributed by atoms with Crippen molar-refractivity contribution in [2.24, 2.45) is 0 Å². The van der Waals surface area contributed by atoms with Crippen molar-refractivity contribution in [1.29, 1.82) is 0 Å². The maximum absolute atomic E-state index is 12.7. The van der Waals surface area contributed by atoms with E-state index in [4.69, 9.17) is 14.0 Å². The fraction of sp³-hybridized carbons (Fsp3) is 0.409. The lowest BCUT2D eigenvalue weighted by Gasteiger charge is -2.34. The number of aryl methyl sites for hydroxylation is 1. The summed E-state index contributed by atoms with van der Waals surface area (Å²) in [5, 5.41) is 6.05. The van der Waals surface area contributed by atoms with Gasteiger partial charge < -0.3 is 18.9 Å². The molecule has 1 saturated heterocycles. The van der Waals surface area contributed by atoms with Crippen molar-refractivity contribution in [3.05, 3.63) is 47.2 Å². The number of para-hydroxylation sites is 1. The molecule has 0 atom stereocenters. The van der Waals surface area contributed by atoms with Crippen LogP contribution in [0.4, 0.5) is 0 Å². The van der Waals surface area contributed by atoms with Gasteiger partial charge in [0.1, 0.15) is 0 Å². The van der Waals surface area contributed by atoms with Crippen LogP contribution in [0, 0.1) is 0 Å². The summed E-state index contributed by atoms with van der Waals surface area (Å²) in [5.74, 6) is 2.77. The Hall–Kier alpha value is -2.91. The summed E-state index contributed by atoms with van der Waals surface area (Å²) in [7, 11) is 3.23. The van der Waals surface area contributed by atoms with Gasteiger partial charge in [-0.05, 0) is 29.5 Å². The van der Waals surface area contributed by atoms with Gasteiger partial charge in [0.25, 0.3) is 0 Å². The number of aromatic nitrogens is 2. The lowest BCUT2D eigenvalue weighted by Crippen LogP contribution is -2.48. The third-order valence-corrected chi connectivity index (χ3v) is 6.25. The van der Waals surface area contributed by atoms with Crippen molar-refractivity contribution < 1.29 is 18.8 Å². The van der Waals surface area contributed by atoms with E-state index < -0.39 is 0 Å². The number of piperazine rings is 1. The summed E-state index contributed by atoms with van der Waals surface area (Å²) in [6.07, 6.45) is 1.06. The Morgan fingerprint density at radius 3 is 2.68 bits per heavy atom. The molecule has 4 rings (SSSR count). The highest BCUT2D eigenvalue weighted by Crippen LogP contribution is 2.31. The molecule has 164 valence electrons. The standard InChI is InChI=1S/C22H26N4O4S/c1-28-17-6-3-5-16(21(17)29-2)8-9-20(27)26-12-10-25(11-13-26)15-19-23-22(24-30-19)18-7-4-14-31-18/h3-7,14H,8-13,15H2,1-2H3. The first-order valence-electron chi connectivity index (χ1n) is 10.2. The average molecular weight is 443 g/mol. The van der Waals surface area contributed by atoms with Gasteiger partial charge in [0.05, 0.1) is 25.6 Å². The average Bonchev–Trinajstić information content (AvgIpc) is 3.49. The number of rotatable bonds is 8. The lowest BCUT2D eigenvalue weighted by atomic mass is 10.1. The third kappa shape index (κ3) is 5.05. The van der Waals surface area contributed by atoms with E-state index in [1.165, 1.54) is 0 Å². The van der Waals surface area contributed by atoms with Crippen LogP contribution in [0.5, 0.6) is 11.5 Å². The van der Waals surface area contributed by atoms with Gasteiger partial charge in [-0.25, -0.2) is 0 Å². The van der Waals surface area contributed by atoms with Crippen molar-refractivity contribution in [2.75, 3.05) is 40.4 Å². The summed E-state index contributed by atoms with van der Waals surface area (Å²) in [5.41, 5.74) is 0.978. The molecule has 0 saturated carbocycles. The van der Waals surface area contributed by atoms with Gasteiger partial charge >= 0.3 is 0 Å². The molecular weight excluding hydrogens is 416 g/mol. The molecule has 3 heterocycles. The molecular formula is C22H26N4O4S. The number of carbonyl (C=O) groups is 1. The molecule has 0 bridgehead atoms. The van der Waals surface area contributed by atoms with E-state index >= 15 is 0 Å². The molecule has 1 fully saturated rings. The van der Waals surface area contributed by atoms with E-state index in [2.05, 4.69) is 15.0 Å². The first kappa shape index (κ1) is 21.3. The van der Waals surface area contributed by atoms with Gasteiger partial charge in [0, 0.05) is 32.6 Å². The van der Waals surface area contributed by atoms with Gasteiger partial charge in [0.15, 0.2) is 11.5 Å². The minimum Gasteiger partial charge on any atom is -0.493 e. The second-order valence-electron chi connectivity index (χ2n) is 7.30. The number of carbonyl (C=O) groups excluding carboxylic acids is 1. The fourth-order valence-electron chi connectivity index (χ4n) is 3.72. The zero-order valence-corrected chi connectivity index (χ0v) is 18.6. The summed E-state index contributed by atoms with van der Waals surface area (Å²) in [4.78, 5) is 22.4. The Labute approximate surface area is 185 Å². The van der Waals surface area contributed by atoms with Crippen molar-refractivity contribution in [2.45, 2.75) is 19.4 Å². The molecule has 8 nitrogen and oxygen atoms in total. The number of ether oxygens (including phenoxy) is 2. The Balaban J connectivity index is 1.26. The SMILES string of the molecule is COc1cccc(CCC(=O)N2CCN(Cc3nc(-c4cccs4)no3)CC2)c1OC. The number of nitrogens with zero attached hydrogens (tertiary/aromatic N) is 4. The number of hydrogen-bond acceptors (Lipinski definition) is 8. The van der Waals surface area contributed by atoms with E-state index in [9.17, 15) is 4.79 Å². The van der Waals surface area contributed by atoms with Gasteiger partial charge in [-0.15, -0.1) is 11.3 Å². The lowest BCUT2D eigenvalue weighted by molar-refractivity contribution is -0.133. The number of amides is 1. The fourth-order valence-corrected chi connectivity index (χ4v) is 4.37. The van der Waals surface area contributed by atoms with Crippen molar-refractivity contribution >= 4 is 17.2 Å². The van der Waals surface area contributed by atoms with Crippen LogP contribution in [0.3, 0.4) is 0 Å². The van der Waals surface area contributed by atoms with Crippen molar-refractivity contribution in [1.82, 2.24) is 19.9 Å². The third-order valence-electron chi connectivity index (χ3n) is 5.39. The highest BCUT2D eigenvalue weighted by Gasteiger charge is 2.23. The molecule has 2 aromatic heterocycles. The largest absolute Gasteiger partial charge is 0.493 e. The van der Waals surface area contributed by atoms with E-state index in [0.29, 0.717) is 55.7 Å². The van der Waals surface area contributed by atoms with Crippen molar-refractivity contribution in [3.63, 3.8) is 0 Å². The Morgan fingerprint density at radius 2 is 1.97 bits per heavy atom. The number of thiophene rings is 1. The minimum absolute atomic E-state index is 0.155. The normalized spacial score (nSPS) is 14.6. The smallest absolute Gasteiger partial charge is 0.241 e. The van der Waals surface area contributed by atoms with Crippen LogP contribution < -0.4 is 9.47 Å². The van der Waals surface area contributed by atoms with Gasteiger partial charge in [-0.1, -0.05) is 23.4 Å². The van der Waals surface area contributed by atoms with E-state index in [1.807, 2.05) is 40.6 Å². The molecule has 0 N–H and O–H groups in total. The van der Waals surface area contributed by atoms with E-state index in [-0.39, 0.29) is 5.91 Å². The van der Waals surface area contributed by atoms with Gasteiger partial charge in [-0.2, -0.15) is 4.98 Å². The maximum Gasteiger partial charge on any atom is 0.241 e. The molecule has 0 unspecified atom stereocenters. The second kappa shape index (κ2) is 9.93. The van der Waals surface area contributed by atoms with Crippen LogP contribution in [0.2, 0.25) is 0 Å². The Morgan fingerprint density at radius 1 is 1.13 bits per heavy atom. The summed E-state index contributed by atoms with van der Waals surface area (Å²) < 4.78 is 16.2. The zero-order valence-electron chi connectivity index (χ0n) is 17.7. The first-order chi connectivity index (χ1) is 15.2. The highest BCUT2D eigenvalue weighted by atomic mass is 32.1. The monoisotopic (exact) mass is 442 g/mol. The van der Waals surface area contributed by atoms with Crippen LogP contribution in [-0.2, 0) is 17.8 Å². The second-order valence-corrected chi connectivity index (χ2v) is 8.25. The topological polar surface area (TPSA) is 80.9 Å². The number of hydrogen-bond donors (Lipinski definition) is 0. The molecule has 0 radical (unpaired) electrons. The molecule has 0 spiro atoms. The Kier molecular flexibility index (Phi) is 6.83. The Bertz CT molecular complexity index is 997.